The molecule has 1 unspecified atom stereocenters. The van der Waals surface area contributed by atoms with Gasteiger partial charge in [0.25, 0.3) is 0 Å². The molecule has 0 radical (unpaired) electrons. The van der Waals surface area contributed by atoms with Gasteiger partial charge in [-0.2, -0.15) is 0 Å². The van der Waals surface area contributed by atoms with Crippen LogP contribution in [0.5, 0.6) is 0 Å². The summed E-state index contributed by atoms with van der Waals surface area (Å²) < 4.78 is 0. The molecule has 0 spiro atoms. The second kappa shape index (κ2) is 4.58. The summed E-state index contributed by atoms with van der Waals surface area (Å²) in [7, 11) is 0. The molecule has 1 aliphatic heterocycles. The molecule has 0 fully saturated rings. The molecule has 0 saturated heterocycles. The van der Waals surface area contributed by atoms with Crippen molar-refractivity contribution in [1.29, 1.82) is 0 Å². The highest BCUT2D eigenvalue weighted by atomic mass is 35.5. The first-order valence-electron chi connectivity index (χ1n) is 6.12. The first-order valence-corrected chi connectivity index (χ1v) is 6.49. The molecule has 18 heavy (non-hydrogen) atoms. The zero-order valence-corrected chi connectivity index (χ0v) is 10.9. The van der Waals surface area contributed by atoms with E-state index < -0.39 is 0 Å². The number of halogens is 1. The Balaban J connectivity index is 2.05. The number of benzene rings is 1. The van der Waals surface area contributed by atoms with Crippen LogP contribution in [0.4, 0.5) is 5.69 Å². The van der Waals surface area contributed by atoms with Gasteiger partial charge >= 0.3 is 0 Å². The Morgan fingerprint density at radius 1 is 1.33 bits per heavy atom. The number of para-hydroxylation sites is 1. The molecule has 0 N–H and O–H groups in total. The molecule has 0 aliphatic carbocycles. The molecule has 3 rings (SSSR count). The predicted molar refractivity (Wildman–Crippen MR) is 73.2 cm³/mol. The second-order valence-electron chi connectivity index (χ2n) is 4.40. The van der Waals surface area contributed by atoms with Crippen LogP contribution in [-0.4, -0.2) is 23.1 Å². The highest BCUT2D eigenvalue weighted by molar-refractivity contribution is 6.28. The van der Waals surface area contributed by atoms with E-state index in [-0.39, 0.29) is 0 Å². The van der Waals surface area contributed by atoms with E-state index >= 15 is 0 Å². The van der Waals surface area contributed by atoms with E-state index in [2.05, 4.69) is 46.1 Å². The van der Waals surface area contributed by atoms with Crippen molar-refractivity contribution >= 4 is 17.3 Å². The maximum absolute atomic E-state index is 5.88. The maximum atomic E-state index is 5.88. The molecule has 92 valence electrons. The third-order valence-corrected chi connectivity index (χ3v) is 3.62. The van der Waals surface area contributed by atoms with Crippen molar-refractivity contribution in [2.75, 3.05) is 18.0 Å². The van der Waals surface area contributed by atoms with Crippen LogP contribution in [0.1, 0.15) is 24.1 Å². The van der Waals surface area contributed by atoms with E-state index in [1.807, 2.05) is 6.07 Å². The van der Waals surface area contributed by atoms with Crippen LogP contribution in [0.2, 0.25) is 5.28 Å². The van der Waals surface area contributed by atoms with Gasteiger partial charge in [-0.3, -0.25) is 0 Å². The number of aromatic nitrogens is 2. The van der Waals surface area contributed by atoms with Crippen LogP contribution in [-0.2, 0) is 0 Å². The van der Waals surface area contributed by atoms with Gasteiger partial charge in [-0.1, -0.05) is 18.2 Å². The molecule has 4 heteroatoms. The Kier molecular flexibility index (Phi) is 2.92. The fourth-order valence-corrected chi connectivity index (χ4v) is 2.74. The standard InChI is InChI=1S/C14H14ClN3/c1-2-18-9-11(10-5-3-4-6-13(10)18)12-7-8-16-14(15)17-12/h3-8,11H,2,9H2,1H3. The van der Waals surface area contributed by atoms with Crippen molar-refractivity contribution in [1.82, 2.24) is 9.97 Å². The molecule has 0 saturated carbocycles. The van der Waals surface area contributed by atoms with E-state index in [9.17, 15) is 0 Å². The van der Waals surface area contributed by atoms with Gasteiger partial charge in [-0.05, 0) is 36.2 Å². The minimum atomic E-state index is 0.293. The summed E-state index contributed by atoms with van der Waals surface area (Å²) in [5.41, 5.74) is 3.63. The lowest BCUT2D eigenvalue weighted by molar-refractivity contribution is 0.769. The summed E-state index contributed by atoms with van der Waals surface area (Å²) >= 11 is 5.88. The molecule has 1 aliphatic rings. The quantitative estimate of drug-likeness (QED) is 0.776. The number of anilines is 1. The van der Waals surface area contributed by atoms with E-state index in [4.69, 9.17) is 11.6 Å². The summed E-state index contributed by atoms with van der Waals surface area (Å²) in [5, 5.41) is 0.319. The lowest BCUT2D eigenvalue weighted by Crippen LogP contribution is -2.21. The summed E-state index contributed by atoms with van der Waals surface area (Å²) in [4.78, 5) is 10.7. The lowest BCUT2D eigenvalue weighted by Gasteiger charge is -2.16. The molecule has 0 bridgehead atoms. The van der Waals surface area contributed by atoms with Gasteiger partial charge in [0.1, 0.15) is 0 Å². The average molecular weight is 260 g/mol. The van der Waals surface area contributed by atoms with Crippen molar-refractivity contribution in [2.45, 2.75) is 12.8 Å². The smallest absolute Gasteiger partial charge is 0.222 e. The highest BCUT2D eigenvalue weighted by Crippen LogP contribution is 2.39. The van der Waals surface area contributed by atoms with Gasteiger partial charge < -0.3 is 4.90 Å². The average Bonchev–Trinajstić information content (AvgIpc) is 2.77. The van der Waals surface area contributed by atoms with Crippen LogP contribution in [0.3, 0.4) is 0 Å². The SMILES string of the molecule is CCN1CC(c2ccnc(Cl)n2)c2ccccc21. The molecule has 0 amide bonds. The van der Waals surface area contributed by atoms with Crippen molar-refractivity contribution in [2.24, 2.45) is 0 Å². The third kappa shape index (κ3) is 1.85. The zero-order valence-electron chi connectivity index (χ0n) is 10.2. The fourth-order valence-electron chi connectivity index (χ4n) is 2.58. The zero-order chi connectivity index (χ0) is 12.5. The molecule has 1 aromatic heterocycles. The van der Waals surface area contributed by atoms with Gasteiger partial charge in [0.15, 0.2) is 0 Å². The Bertz CT molecular complexity index is 570. The minimum Gasteiger partial charge on any atom is -0.371 e. The van der Waals surface area contributed by atoms with Crippen molar-refractivity contribution < 1.29 is 0 Å². The van der Waals surface area contributed by atoms with Crippen LogP contribution < -0.4 is 4.90 Å². The summed E-state index contributed by atoms with van der Waals surface area (Å²) in [6.45, 7) is 4.14. The van der Waals surface area contributed by atoms with Gasteiger partial charge in [0.05, 0.1) is 5.69 Å². The Labute approximate surface area is 111 Å². The van der Waals surface area contributed by atoms with Gasteiger partial charge in [0, 0.05) is 30.9 Å². The molecule has 1 atom stereocenters. The first kappa shape index (κ1) is 11.5. The fraction of sp³-hybridized carbons (Fsp3) is 0.286. The largest absolute Gasteiger partial charge is 0.371 e. The second-order valence-corrected chi connectivity index (χ2v) is 4.74. The van der Waals surface area contributed by atoms with Crippen molar-refractivity contribution in [3.05, 3.63) is 53.1 Å². The molecular weight excluding hydrogens is 246 g/mol. The number of hydrogen-bond donors (Lipinski definition) is 0. The number of fused-ring (bicyclic) bond motifs is 1. The van der Waals surface area contributed by atoms with Crippen LogP contribution in [0.25, 0.3) is 0 Å². The molecule has 3 nitrogen and oxygen atoms in total. The number of hydrogen-bond acceptors (Lipinski definition) is 3. The number of likely N-dealkylation sites (N-methyl/N-ethyl adjacent to an activating group) is 1. The normalized spacial score (nSPS) is 17.9. The van der Waals surface area contributed by atoms with Gasteiger partial charge in [-0.25, -0.2) is 9.97 Å². The van der Waals surface area contributed by atoms with E-state index in [1.165, 1.54) is 11.3 Å². The maximum Gasteiger partial charge on any atom is 0.222 e. The molecular formula is C14H14ClN3. The predicted octanol–water partition coefficient (Wildman–Crippen LogP) is 3.10. The van der Waals surface area contributed by atoms with Crippen LogP contribution >= 0.6 is 11.6 Å². The topological polar surface area (TPSA) is 29.0 Å². The van der Waals surface area contributed by atoms with Crippen molar-refractivity contribution in [3.8, 4) is 0 Å². The van der Waals surface area contributed by atoms with Crippen molar-refractivity contribution in [3.63, 3.8) is 0 Å². The van der Waals surface area contributed by atoms with Crippen LogP contribution in [0.15, 0.2) is 36.5 Å². The van der Waals surface area contributed by atoms with Crippen LogP contribution in [0, 0.1) is 0 Å². The lowest BCUT2D eigenvalue weighted by atomic mass is 9.98. The third-order valence-electron chi connectivity index (χ3n) is 3.44. The number of rotatable bonds is 2. The van der Waals surface area contributed by atoms with E-state index in [0.717, 1.165) is 18.8 Å². The van der Waals surface area contributed by atoms with E-state index in [0.29, 0.717) is 11.2 Å². The Morgan fingerprint density at radius 2 is 2.17 bits per heavy atom. The van der Waals surface area contributed by atoms with Gasteiger partial charge in [0.2, 0.25) is 5.28 Å². The summed E-state index contributed by atoms with van der Waals surface area (Å²) in [6.07, 6.45) is 1.72. The molecule has 2 heterocycles. The summed E-state index contributed by atoms with van der Waals surface area (Å²) in [5.74, 6) is 0.293. The molecule has 1 aromatic carbocycles. The Morgan fingerprint density at radius 3 is 2.94 bits per heavy atom. The van der Waals surface area contributed by atoms with E-state index in [1.54, 1.807) is 6.20 Å². The summed E-state index contributed by atoms with van der Waals surface area (Å²) in [6, 6.07) is 10.4. The minimum absolute atomic E-state index is 0.293. The van der Waals surface area contributed by atoms with Gasteiger partial charge in [-0.15, -0.1) is 0 Å². The monoisotopic (exact) mass is 259 g/mol. The first-order chi connectivity index (χ1) is 8.79. The molecule has 2 aromatic rings. The number of nitrogens with zero attached hydrogens (tertiary/aromatic N) is 3. The highest BCUT2D eigenvalue weighted by Gasteiger charge is 2.29. The Hall–Kier alpha value is -1.61.